The van der Waals surface area contributed by atoms with Crippen LogP contribution in [0.1, 0.15) is 17.3 Å². The lowest BCUT2D eigenvalue weighted by atomic mass is 10.2. The van der Waals surface area contributed by atoms with Gasteiger partial charge in [0.2, 0.25) is 5.95 Å². The molecule has 3 rings (SSSR count). The zero-order chi connectivity index (χ0) is 18.5. The molecule has 7 heteroatoms. The van der Waals surface area contributed by atoms with E-state index in [-0.39, 0.29) is 5.91 Å². The predicted octanol–water partition coefficient (Wildman–Crippen LogP) is 5.19. The molecular formula is C19H16Cl2N4O. The van der Waals surface area contributed by atoms with Gasteiger partial charge in [0.15, 0.2) is 0 Å². The monoisotopic (exact) mass is 386 g/mol. The Kier molecular flexibility index (Phi) is 5.71. The molecule has 0 saturated carbocycles. The molecule has 0 atom stereocenters. The molecule has 0 saturated heterocycles. The molecule has 132 valence electrons. The number of rotatable bonds is 5. The minimum atomic E-state index is -0.161. The largest absolute Gasteiger partial charge is 0.323 e. The van der Waals surface area contributed by atoms with E-state index in [0.29, 0.717) is 33.8 Å². The Balaban J connectivity index is 1.78. The van der Waals surface area contributed by atoms with Gasteiger partial charge in [-0.15, -0.1) is 0 Å². The second kappa shape index (κ2) is 8.17. The number of hydrogen-bond donors (Lipinski definition) is 1. The first-order valence-electron chi connectivity index (χ1n) is 8.00. The molecule has 5 nitrogen and oxygen atoms in total. The van der Waals surface area contributed by atoms with E-state index in [2.05, 4.69) is 15.3 Å². The summed E-state index contributed by atoms with van der Waals surface area (Å²) in [6, 6.07) is 14.7. The maximum absolute atomic E-state index is 12.7. The standard InChI is InChI=1S/C19H16Cl2N4O/c1-2-25(14-7-4-3-5-8-14)18(26)13-11-22-19(23-12-13)24-16-10-6-9-15(20)17(16)21/h3-12H,2H2,1H3,(H,22,23,24). The summed E-state index contributed by atoms with van der Waals surface area (Å²) in [7, 11) is 0. The summed E-state index contributed by atoms with van der Waals surface area (Å²) in [4.78, 5) is 22.8. The summed E-state index contributed by atoms with van der Waals surface area (Å²) in [5.41, 5.74) is 1.82. The fraction of sp³-hybridized carbons (Fsp3) is 0.105. The molecule has 0 unspecified atom stereocenters. The van der Waals surface area contributed by atoms with E-state index in [1.165, 1.54) is 12.4 Å². The van der Waals surface area contributed by atoms with Gasteiger partial charge in [-0.3, -0.25) is 4.79 Å². The molecule has 3 aromatic rings. The SMILES string of the molecule is CCN(C(=O)c1cnc(Nc2cccc(Cl)c2Cl)nc1)c1ccccc1. The van der Waals surface area contributed by atoms with Crippen LogP contribution in [-0.2, 0) is 0 Å². The molecule has 0 spiro atoms. The Morgan fingerprint density at radius 2 is 1.73 bits per heavy atom. The smallest absolute Gasteiger partial charge is 0.261 e. The second-order valence-electron chi connectivity index (χ2n) is 5.41. The van der Waals surface area contributed by atoms with Gasteiger partial charge in [0.05, 0.1) is 21.3 Å². The van der Waals surface area contributed by atoms with Crippen LogP contribution in [0.4, 0.5) is 17.3 Å². The normalized spacial score (nSPS) is 10.4. The first kappa shape index (κ1) is 18.2. The third kappa shape index (κ3) is 3.95. The van der Waals surface area contributed by atoms with E-state index in [0.717, 1.165) is 5.69 Å². The number of amides is 1. The number of halogens is 2. The molecule has 0 aliphatic rings. The third-order valence-corrected chi connectivity index (χ3v) is 4.55. The molecule has 1 heterocycles. The number of nitrogens with zero attached hydrogens (tertiary/aromatic N) is 3. The number of nitrogens with one attached hydrogen (secondary N) is 1. The molecule has 0 fully saturated rings. The van der Waals surface area contributed by atoms with Crippen LogP contribution in [-0.4, -0.2) is 22.4 Å². The lowest BCUT2D eigenvalue weighted by Gasteiger charge is -2.20. The van der Waals surface area contributed by atoms with Crippen molar-refractivity contribution in [3.63, 3.8) is 0 Å². The Labute approximate surface area is 161 Å². The molecule has 0 bridgehead atoms. The molecule has 2 aromatic carbocycles. The highest BCUT2D eigenvalue weighted by atomic mass is 35.5. The van der Waals surface area contributed by atoms with Crippen LogP contribution < -0.4 is 10.2 Å². The van der Waals surface area contributed by atoms with Crippen LogP contribution in [0.2, 0.25) is 10.0 Å². The van der Waals surface area contributed by atoms with Crippen LogP contribution >= 0.6 is 23.2 Å². The Hall–Kier alpha value is -2.63. The fourth-order valence-corrected chi connectivity index (χ4v) is 2.78. The van der Waals surface area contributed by atoms with E-state index in [1.807, 2.05) is 37.3 Å². The van der Waals surface area contributed by atoms with Gasteiger partial charge in [-0.1, -0.05) is 47.5 Å². The van der Waals surface area contributed by atoms with Gasteiger partial charge in [-0.25, -0.2) is 9.97 Å². The van der Waals surface area contributed by atoms with Crippen molar-refractivity contribution in [2.45, 2.75) is 6.92 Å². The van der Waals surface area contributed by atoms with Crippen molar-refractivity contribution in [1.29, 1.82) is 0 Å². The average Bonchev–Trinajstić information content (AvgIpc) is 2.67. The maximum atomic E-state index is 12.7. The van der Waals surface area contributed by atoms with E-state index < -0.39 is 0 Å². The highest BCUT2D eigenvalue weighted by molar-refractivity contribution is 6.43. The van der Waals surface area contributed by atoms with Crippen LogP contribution in [0, 0.1) is 0 Å². The number of aromatic nitrogens is 2. The van der Waals surface area contributed by atoms with E-state index in [9.17, 15) is 4.79 Å². The van der Waals surface area contributed by atoms with Crippen molar-refractivity contribution < 1.29 is 4.79 Å². The van der Waals surface area contributed by atoms with E-state index in [1.54, 1.807) is 23.1 Å². The predicted molar refractivity (Wildman–Crippen MR) is 106 cm³/mol. The van der Waals surface area contributed by atoms with Crippen molar-refractivity contribution in [1.82, 2.24) is 9.97 Å². The van der Waals surface area contributed by atoms with Gasteiger partial charge in [0.25, 0.3) is 5.91 Å². The number of carbonyl (C=O) groups excluding carboxylic acids is 1. The van der Waals surface area contributed by atoms with Crippen LogP contribution in [0.3, 0.4) is 0 Å². The van der Waals surface area contributed by atoms with Crippen LogP contribution in [0.5, 0.6) is 0 Å². The van der Waals surface area contributed by atoms with E-state index in [4.69, 9.17) is 23.2 Å². The lowest BCUT2D eigenvalue weighted by Crippen LogP contribution is -2.30. The molecule has 1 N–H and O–H groups in total. The quantitative estimate of drug-likeness (QED) is 0.654. The minimum Gasteiger partial charge on any atom is -0.323 e. The second-order valence-corrected chi connectivity index (χ2v) is 6.19. The summed E-state index contributed by atoms with van der Waals surface area (Å²) < 4.78 is 0. The first-order valence-corrected chi connectivity index (χ1v) is 8.75. The zero-order valence-corrected chi connectivity index (χ0v) is 15.5. The molecule has 0 aliphatic carbocycles. The van der Waals surface area contributed by atoms with Crippen LogP contribution in [0.15, 0.2) is 60.9 Å². The number of benzene rings is 2. The molecule has 1 aromatic heterocycles. The molecule has 26 heavy (non-hydrogen) atoms. The Morgan fingerprint density at radius 3 is 2.38 bits per heavy atom. The number of anilines is 3. The third-order valence-electron chi connectivity index (χ3n) is 3.73. The number of hydrogen-bond acceptors (Lipinski definition) is 4. The minimum absolute atomic E-state index is 0.161. The average molecular weight is 387 g/mol. The Bertz CT molecular complexity index is 901. The summed E-state index contributed by atoms with van der Waals surface area (Å²) in [5.74, 6) is 0.166. The van der Waals surface area contributed by atoms with Crippen molar-refractivity contribution in [3.05, 3.63) is 76.5 Å². The summed E-state index contributed by atoms with van der Waals surface area (Å²) in [6.07, 6.45) is 2.98. The lowest BCUT2D eigenvalue weighted by molar-refractivity contribution is 0.0987. The maximum Gasteiger partial charge on any atom is 0.261 e. The fourth-order valence-electron chi connectivity index (χ4n) is 2.43. The van der Waals surface area contributed by atoms with Crippen molar-refractivity contribution in [3.8, 4) is 0 Å². The zero-order valence-electron chi connectivity index (χ0n) is 14.0. The van der Waals surface area contributed by atoms with E-state index >= 15 is 0 Å². The summed E-state index contributed by atoms with van der Waals surface area (Å²) in [5, 5.41) is 3.81. The van der Waals surface area contributed by atoms with Crippen molar-refractivity contribution >= 4 is 46.4 Å². The van der Waals surface area contributed by atoms with Gasteiger partial charge in [-0.2, -0.15) is 0 Å². The van der Waals surface area contributed by atoms with Gasteiger partial charge in [0.1, 0.15) is 0 Å². The van der Waals surface area contributed by atoms with Gasteiger partial charge >= 0.3 is 0 Å². The van der Waals surface area contributed by atoms with Gasteiger partial charge in [0, 0.05) is 24.6 Å². The number of para-hydroxylation sites is 1. The first-order chi connectivity index (χ1) is 12.6. The summed E-state index contributed by atoms with van der Waals surface area (Å²) >= 11 is 12.1. The highest BCUT2D eigenvalue weighted by Gasteiger charge is 2.17. The topological polar surface area (TPSA) is 58.1 Å². The van der Waals surface area contributed by atoms with Crippen molar-refractivity contribution in [2.75, 3.05) is 16.8 Å². The molecule has 0 radical (unpaired) electrons. The number of carbonyl (C=O) groups is 1. The van der Waals surface area contributed by atoms with Gasteiger partial charge in [-0.05, 0) is 31.2 Å². The summed E-state index contributed by atoms with van der Waals surface area (Å²) in [6.45, 7) is 2.46. The van der Waals surface area contributed by atoms with Crippen LogP contribution in [0.25, 0.3) is 0 Å². The molecule has 1 amide bonds. The molecule has 0 aliphatic heterocycles. The van der Waals surface area contributed by atoms with Crippen molar-refractivity contribution in [2.24, 2.45) is 0 Å². The Morgan fingerprint density at radius 1 is 1.04 bits per heavy atom. The van der Waals surface area contributed by atoms with Gasteiger partial charge < -0.3 is 10.2 Å². The highest BCUT2D eigenvalue weighted by Crippen LogP contribution is 2.30. The molecular weight excluding hydrogens is 371 g/mol.